The van der Waals surface area contributed by atoms with Gasteiger partial charge in [0, 0.05) is 24.7 Å². The van der Waals surface area contributed by atoms with Crippen molar-refractivity contribution in [3.63, 3.8) is 0 Å². The van der Waals surface area contributed by atoms with Gasteiger partial charge in [0.15, 0.2) is 5.82 Å². The molecule has 2 heterocycles. The molecule has 8 nitrogen and oxygen atoms in total. The van der Waals surface area contributed by atoms with Gasteiger partial charge in [0.1, 0.15) is 23.1 Å². The van der Waals surface area contributed by atoms with Crippen LogP contribution in [-0.4, -0.2) is 37.3 Å². The number of hydrogen-bond donors (Lipinski definition) is 2. The third-order valence-corrected chi connectivity index (χ3v) is 5.07. The second-order valence-corrected chi connectivity index (χ2v) is 7.06. The number of carbonyl (C=O) groups excluding carboxylic acids is 1. The molecule has 2 aromatic carbocycles. The number of hydrogen-bond acceptors (Lipinski definition) is 6. The number of carbonyl (C=O) groups is 1. The van der Waals surface area contributed by atoms with Crippen molar-refractivity contribution in [2.45, 2.75) is 13.3 Å². The van der Waals surface area contributed by atoms with Crippen LogP contribution in [0.4, 0.5) is 11.5 Å². The predicted octanol–water partition coefficient (Wildman–Crippen LogP) is 3.17. The number of aryl methyl sites for hydroxylation is 1. The van der Waals surface area contributed by atoms with Crippen molar-refractivity contribution in [2.24, 2.45) is 0 Å². The molecule has 0 aliphatic carbocycles. The lowest BCUT2D eigenvalue weighted by Gasteiger charge is -2.20. The van der Waals surface area contributed by atoms with E-state index in [2.05, 4.69) is 16.5 Å². The number of para-hydroxylation sites is 1. The Balaban J connectivity index is 1.74. The summed E-state index contributed by atoms with van der Waals surface area (Å²) in [4.78, 5) is 22.6. The van der Waals surface area contributed by atoms with Crippen LogP contribution in [0.15, 0.2) is 67.5 Å². The lowest BCUT2D eigenvalue weighted by Crippen LogP contribution is -2.31. The van der Waals surface area contributed by atoms with Crippen LogP contribution in [-0.2, 0) is 11.2 Å². The molecule has 0 saturated heterocycles. The first kappa shape index (κ1) is 20.1. The Bertz CT molecular complexity index is 1270. The fourth-order valence-electron chi connectivity index (χ4n) is 3.42. The fraction of sp³-hybridized carbons (Fsp3) is 0.130. The Morgan fingerprint density at radius 3 is 2.71 bits per heavy atom. The number of phenols is 1. The highest BCUT2D eigenvalue weighted by Crippen LogP contribution is 2.27. The van der Waals surface area contributed by atoms with Gasteiger partial charge in [0.25, 0.3) is 0 Å². The molecule has 0 aliphatic rings. The van der Waals surface area contributed by atoms with E-state index in [9.17, 15) is 9.90 Å². The lowest BCUT2D eigenvalue weighted by molar-refractivity contribution is -0.114. The zero-order valence-electron chi connectivity index (χ0n) is 17.1. The van der Waals surface area contributed by atoms with Gasteiger partial charge in [-0.05, 0) is 36.8 Å². The van der Waals surface area contributed by atoms with Gasteiger partial charge in [0.2, 0.25) is 5.91 Å². The van der Waals surface area contributed by atoms with E-state index in [0.29, 0.717) is 35.4 Å². The molecule has 8 heteroatoms. The molecule has 31 heavy (non-hydrogen) atoms. The summed E-state index contributed by atoms with van der Waals surface area (Å²) in [5, 5.41) is 14.8. The Hall–Kier alpha value is -4.20. The van der Waals surface area contributed by atoms with E-state index in [1.807, 2.05) is 43.3 Å². The molecule has 0 radical (unpaired) electrons. The highest BCUT2D eigenvalue weighted by Gasteiger charge is 2.19. The summed E-state index contributed by atoms with van der Waals surface area (Å²) in [6.45, 7) is 5.81. The van der Waals surface area contributed by atoms with Crippen LogP contribution < -0.4 is 10.6 Å². The van der Waals surface area contributed by atoms with E-state index in [1.54, 1.807) is 21.7 Å². The van der Waals surface area contributed by atoms with E-state index in [1.165, 1.54) is 12.4 Å². The second-order valence-electron chi connectivity index (χ2n) is 7.06. The predicted molar refractivity (Wildman–Crippen MR) is 120 cm³/mol. The standard InChI is InChI=1S/C23H22N6O2/c1-3-20(31)28(16-7-5-4-6-8-16)12-11-18-21-22(23(24)26-14-25-21)29(27-18)17-10-9-15(2)19(30)13-17/h3-10,13-14,30H,1,11-12H2,2H3,(H2,24,25,26). The number of rotatable bonds is 6. The summed E-state index contributed by atoms with van der Waals surface area (Å²) in [5.41, 5.74) is 10.1. The van der Waals surface area contributed by atoms with Gasteiger partial charge in [-0.15, -0.1) is 0 Å². The van der Waals surface area contributed by atoms with Crippen molar-refractivity contribution in [3.8, 4) is 11.4 Å². The zero-order valence-corrected chi connectivity index (χ0v) is 17.1. The first-order valence-electron chi connectivity index (χ1n) is 9.76. The first-order valence-corrected chi connectivity index (χ1v) is 9.76. The number of amides is 1. The molecule has 2 aromatic heterocycles. The minimum atomic E-state index is -0.201. The minimum absolute atomic E-state index is 0.157. The number of benzene rings is 2. The van der Waals surface area contributed by atoms with Crippen LogP contribution >= 0.6 is 0 Å². The van der Waals surface area contributed by atoms with Gasteiger partial charge in [-0.3, -0.25) is 4.79 Å². The SMILES string of the molecule is C=CC(=O)N(CCc1nn(-c2ccc(C)c(O)c2)c2c(N)ncnc12)c1ccccc1. The Labute approximate surface area is 179 Å². The molecule has 0 atom stereocenters. The number of nitrogens with two attached hydrogens (primary N) is 1. The molecule has 4 aromatic rings. The van der Waals surface area contributed by atoms with Crippen LogP contribution in [0.25, 0.3) is 16.7 Å². The number of aromatic nitrogens is 4. The van der Waals surface area contributed by atoms with Gasteiger partial charge < -0.3 is 15.7 Å². The van der Waals surface area contributed by atoms with Crippen molar-refractivity contribution >= 4 is 28.4 Å². The largest absolute Gasteiger partial charge is 0.508 e. The highest BCUT2D eigenvalue weighted by molar-refractivity contribution is 6.01. The number of nitrogens with zero attached hydrogens (tertiary/aromatic N) is 5. The molecule has 1 amide bonds. The topological polar surface area (TPSA) is 110 Å². The van der Waals surface area contributed by atoms with Crippen LogP contribution in [0.1, 0.15) is 11.3 Å². The highest BCUT2D eigenvalue weighted by atomic mass is 16.3. The maximum Gasteiger partial charge on any atom is 0.250 e. The van der Waals surface area contributed by atoms with E-state index in [0.717, 1.165) is 11.3 Å². The molecule has 3 N–H and O–H groups in total. The summed E-state index contributed by atoms with van der Waals surface area (Å²) < 4.78 is 1.63. The maximum absolute atomic E-state index is 12.5. The molecule has 0 bridgehead atoms. The van der Waals surface area contributed by atoms with Crippen molar-refractivity contribution < 1.29 is 9.90 Å². The summed E-state index contributed by atoms with van der Waals surface area (Å²) in [5.74, 6) is 0.239. The molecule has 0 unspecified atom stereocenters. The van der Waals surface area contributed by atoms with Crippen molar-refractivity contribution in [1.82, 2.24) is 19.7 Å². The number of phenolic OH excluding ortho intramolecular Hbond substituents is 1. The van der Waals surface area contributed by atoms with E-state index in [4.69, 9.17) is 10.8 Å². The summed E-state index contributed by atoms with van der Waals surface area (Å²) in [7, 11) is 0. The molecule has 0 fully saturated rings. The average molecular weight is 414 g/mol. The fourth-order valence-corrected chi connectivity index (χ4v) is 3.42. The van der Waals surface area contributed by atoms with Crippen LogP contribution in [0, 0.1) is 6.92 Å². The number of nitrogen functional groups attached to an aromatic ring is 1. The summed E-state index contributed by atoms with van der Waals surface area (Å²) in [6.07, 6.45) is 3.12. The molecular formula is C23H22N6O2. The first-order chi connectivity index (χ1) is 15.0. The molecule has 0 spiro atoms. The van der Waals surface area contributed by atoms with Gasteiger partial charge in [-0.1, -0.05) is 30.8 Å². The number of anilines is 2. The molecular weight excluding hydrogens is 392 g/mol. The lowest BCUT2D eigenvalue weighted by atomic mass is 10.2. The van der Waals surface area contributed by atoms with Crippen LogP contribution in [0.3, 0.4) is 0 Å². The number of fused-ring (bicyclic) bond motifs is 1. The summed E-state index contributed by atoms with van der Waals surface area (Å²) >= 11 is 0. The third kappa shape index (κ3) is 3.83. The average Bonchev–Trinajstić information content (AvgIpc) is 3.16. The van der Waals surface area contributed by atoms with Crippen molar-refractivity contribution in [2.75, 3.05) is 17.2 Å². The Kier molecular flexibility index (Phi) is 5.36. The van der Waals surface area contributed by atoms with Gasteiger partial charge in [-0.25, -0.2) is 14.6 Å². The minimum Gasteiger partial charge on any atom is -0.508 e. The van der Waals surface area contributed by atoms with Crippen molar-refractivity contribution in [1.29, 1.82) is 0 Å². The second kappa shape index (κ2) is 8.27. The Morgan fingerprint density at radius 2 is 2.00 bits per heavy atom. The van der Waals surface area contributed by atoms with Gasteiger partial charge >= 0.3 is 0 Å². The molecule has 4 rings (SSSR count). The summed E-state index contributed by atoms with van der Waals surface area (Å²) in [6, 6.07) is 14.6. The normalized spacial score (nSPS) is 10.9. The zero-order chi connectivity index (χ0) is 22.0. The number of aromatic hydroxyl groups is 1. The molecule has 156 valence electrons. The van der Waals surface area contributed by atoms with E-state index < -0.39 is 0 Å². The van der Waals surface area contributed by atoms with Crippen LogP contribution in [0.5, 0.6) is 5.75 Å². The molecule has 0 saturated carbocycles. The Morgan fingerprint density at radius 1 is 1.23 bits per heavy atom. The van der Waals surface area contributed by atoms with Crippen molar-refractivity contribution in [3.05, 3.63) is 78.8 Å². The third-order valence-electron chi connectivity index (χ3n) is 5.07. The smallest absolute Gasteiger partial charge is 0.250 e. The van der Waals surface area contributed by atoms with E-state index >= 15 is 0 Å². The quantitative estimate of drug-likeness (QED) is 0.469. The van der Waals surface area contributed by atoms with E-state index in [-0.39, 0.29) is 17.5 Å². The van der Waals surface area contributed by atoms with Gasteiger partial charge in [-0.2, -0.15) is 5.10 Å². The van der Waals surface area contributed by atoms with Crippen LogP contribution in [0.2, 0.25) is 0 Å². The molecule has 0 aliphatic heterocycles. The monoisotopic (exact) mass is 414 g/mol. The maximum atomic E-state index is 12.5. The van der Waals surface area contributed by atoms with Gasteiger partial charge in [0.05, 0.1) is 11.4 Å².